The van der Waals surface area contributed by atoms with Gasteiger partial charge in [0.05, 0.1) is 11.8 Å². The van der Waals surface area contributed by atoms with Crippen molar-refractivity contribution in [3.8, 4) is 5.75 Å². The highest BCUT2D eigenvalue weighted by Crippen LogP contribution is 2.21. The molecule has 0 radical (unpaired) electrons. The minimum atomic E-state index is -0.00896. The molecule has 0 aliphatic rings. The van der Waals surface area contributed by atoms with Crippen molar-refractivity contribution in [2.45, 2.75) is 20.5 Å². The number of aryl methyl sites for hydroxylation is 1. The summed E-state index contributed by atoms with van der Waals surface area (Å²) in [5, 5.41) is 3.59. The predicted molar refractivity (Wildman–Crippen MR) is 62.0 cm³/mol. The highest BCUT2D eigenvalue weighted by Gasteiger charge is 2.09. The summed E-state index contributed by atoms with van der Waals surface area (Å²) in [6.45, 7) is 3.82. The van der Waals surface area contributed by atoms with Crippen LogP contribution in [-0.2, 0) is 6.61 Å². The third-order valence-electron chi connectivity index (χ3n) is 2.39. The van der Waals surface area contributed by atoms with Crippen LogP contribution >= 0.6 is 0 Å². The van der Waals surface area contributed by atoms with Crippen molar-refractivity contribution in [3.63, 3.8) is 0 Å². The lowest BCUT2D eigenvalue weighted by atomic mass is 10.1. The molecule has 17 heavy (non-hydrogen) atoms. The zero-order valence-corrected chi connectivity index (χ0v) is 9.77. The maximum atomic E-state index is 11.4. The summed E-state index contributed by atoms with van der Waals surface area (Å²) in [4.78, 5) is 11.4. The fraction of sp³-hybridized carbons (Fsp3) is 0.231. The largest absolute Gasteiger partial charge is 0.488 e. The van der Waals surface area contributed by atoms with Gasteiger partial charge in [-0.15, -0.1) is 0 Å². The number of carbonyl (C=O) groups is 1. The average molecular weight is 231 g/mol. The van der Waals surface area contributed by atoms with Crippen molar-refractivity contribution in [1.29, 1.82) is 0 Å². The van der Waals surface area contributed by atoms with Crippen molar-refractivity contribution in [3.05, 3.63) is 47.3 Å². The molecule has 0 spiro atoms. The van der Waals surface area contributed by atoms with Crippen molar-refractivity contribution < 1.29 is 14.1 Å². The minimum absolute atomic E-state index is 0.00896. The molecule has 1 heterocycles. The molecule has 0 saturated heterocycles. The van der Waals surface area contributed by atoms with Crippen LogP contribution in [0.5, 0.6) is 5.75 Å². The van der Waals surface area contributed by atoms with Gasteiger partial charge in [0.2, 0.25) is 0 Å². The van der Waals surface area contributed by atoms with Gasteiger partial charge >= 0.3 is 0 Å². The molecule has 2 rings (SSSR count). The van der Waals surface area contributed by atoms with Crippen LogP contribution in [0.4, 0.5) is 0 Å². The summed E-state index contributed by atoms with van der Waals surface area (Å²) in [7, 11) is 0. The van der Waals surface area contributed by atoms with Crippen LogP contribution in [0, 0.1) is 6.92 Å². The van der Waals surface area contributed by atoms with Gasteiger partial charge in [0.25, 0.3) is 0 Å². The Balaban J connectivity index is 2.19. The van der Waals surface area contributed by atoms with E-state index in [2.05, 4.69) is 5.16 Å². The normalized spacial score (nSPS) is 10.2. The van der Waals surface area contributed by atoms with E-state index >= 15 is 0 Å². The summed E-state index contributed by atoms with van der Waals surface area (Å²) in [5.74, 6) is 0.587. The van der Waals surface area contributed by atoms with Crippen LogP contribution in [0.1, 0.15) is 28.4 Å². The average Bonchev–Trinajstić information content (AvgIpc) is 2.78. The Morgan fingerprint density at radius 2 is 2.29 bits per heavy atom. The molecule has 0 aliphatic carbocycles. The lowest BCUT2D eigenvalue weighted by molar-refractivity contribution is 0.101. The molecule has 0 aliphatic heterocycles. The van der Waals surface area contributed by atoms with E-state index in [4.69, 9.17) is 9.26 Å². The Bertz CT molecular complexity index is 517. The van der Waals surface area contributed by atoms with Crippen molar-refractivity contribution >= 4 is 5.78 Å². The number of benzene rings is 1. The van der Waals surface area contributed by atoms with Crippen molar-refractivity contribution in [2.24, 2.45) is 0 Å². The number of hydrogen-bond donors (Lipinski definition) is 0. The number of hydrogen-bond acceptors (Lipinski definition) is 4. The molecule has 1 aromatic carbocycles. The van der Waals surface area contributed by atoms with Gasteiger partial charge in [-0.1, -0.05) is 11.2 Å². The molecule has 4 heteroatoms. The van der Waals surface area contributed by atoms with E-state index in [1.807, 2.05) is 19.1 Å². The van der Waals surface area contributed by atoms with Crippen LogP contribution in [0.2, 0.25) is 0 Å². The molecular formula is C13H13NO3. The van der Waals surface area contributed by atoms with Crippen LogP contribution in [0.25, 0.3) is 0 Å². The topological polar surface area (TPSA) is 52.3 Å². The Labute approximate surface area is 99.2 Å². The van der Waals surface area contributed by atoms with Gasteiger partial charge in [-0.2, -0.15) is 0 Å². The number of carbonyl (C=O) groups excluding carboxylic acids is 1. The number of rotatable bonds is 4. The smallest absolute Gasteiger partial charge is 0.163 e. The highest BCUT2D eigenvalue weighted by molar-refractivity contribution is 5.96. The van der Waals surface area contributed by atoms with Gasteiger partial charge in [0, 0.05) is 5.56 Å². The lowest BCUT2D eigenvalue weighted by Crippen LogP contribution is -2.01. The van der Waals surface area contributed by atoms with E-state index < -0.39 is 0 Å². The molecule has 0 atom stereocenters. The summed E-state index contributed by atoms with van der Waals surface area (Å²) in [5.41, 5.74) is 2.48. The van der Waals surface area contributed by atoms with E-state index in [-0.39, 0.29) is 5.78 Å². The fourth-order valence-electron chi connectivity index (χ4n) is 1.50. The summed E-state index contributed by atoms with van der Waals surface area (Å²) < 4.78 is 10.3. The van der Waals surface area contributed by atoms with Crippen LogP contribution in [0.3, 0.4) is 0 Å². The zero-order valence-electron chi connectivity index (χ0n) is 9.77. The third kappa shape index (κ3) is 2.72. The number of Topliss-reactive ketones (excluding diaryl/α,β-unsaturated/α-hetero) is 1. The first-order valence-electron chi connectivity index (χ1n) is 5.29. The summed E-state index contributed by atoms with van der Waals surface area (Å²) >= 11 is 0. The van der Waals surface area contributed by atoms with Crippen LogP contribution in [-0.4, -0.2) is 10.9 Å². The monoisotopic (exact) mass is 231 g/mol. The number of aromatic nitrogens is 1. The maximum Gasteiger partial charge on any atom is 0.163 e. The van der Waals surface area contributed by atoms with Crippen LogP contribution < -0.4 is 4.74 Å². The van der Waals surface area contributed by atoms with E-state index in [1.54, 1.807) is 12.3 Å². The summed E-state index contributed by atoms with van der Waals surface area (Å²) in [6.07, 6.45) is 3.10. The van der Waals surface area contributed by atoms with E-state index in [1.165, 1.54) is 13.2 Å². The van der Waals surface area contributed by atoms with Gasteiger partial charge in [-0.05, 0) is 31.5 Å². The number of ether oxygens (including phenoxy) is 1. The molecule has 2 aromatic rings. The van der Waals surface area contributed by atoms with E-state index in [0.29, 0.717) is 17.9 Å². The van der Waals surface area contributed by atoms with Crippen molar-refractivity contribution in [2.75, 3.05) is 0 Å². The molecule has 1 aromatic heterocycles. The Morgan fingerprint density at radius 1 is 1.47 bits per heavy atom. The van der Waals surface area contributed by atoms with Gasteiger partial charge < -0.3 is 9.26 Å². The molecule has 0 saturated carbocycles. The quantitative estimate of drug-likeness (QED) is 0.759. The second-order valence-electron chi connectivity index (χ2n) is 3.88. The molecular weight excluding hydrogens is 218 g/mol. The molecule has 88 valence electrons. The zero-order chi connectivity index (χ0) is 12.3. The first-order valence-corrected chi connectivity index (χ1v) is 5.29. The molecule has 4 nitrogen and oxygen atoms in total. The Hall–Kier alpha value is -2.10. The predicted octanol–water partition coefficient (Wildman–Crippen LogP) is 2.76. The third-order valence-corrected chi connectivity index (χ3v) is 2.39. The van der Waals surface area contributed by atoms with Crippen molar-refractivity contribution in [1.82, 2.24) is 5.16 Å². The SMILES string of the molecule is CC(=O)c1ccc(C)cc1OCc1cnoc1. The molecule has 0 unspecified atom stereocenters. The molecule has 0 N–H and O–H groups in total. The van der Waals surface area contributed by atoms with Gasteiger partial charge in [-0.3, -0.25) is 4.79 Å². The molecule has 0 bridgehead atoms. The van der Waals surface area contributed by atoms with Gasteiger partial charge in [0.15, 0.2) is 5.78 Å². The highest BCUT2D eigenvalue weighted by atomic mass is 16.5. The maximum absolute atomic E-state index is 11.4. The van der Waals surface area contributed by atoms with Crippen LogP contribution in [0.15, 0.2) is 35.2 Å². The van der Waals surface area contributed by atoms with E-state index in [0.717, 1.165) is 11.1 Å². The second-order valence-corrected chi connectivity index (χ2v) is 3.88. The van der Waals surface area contributed by atoms with E-state index in [9.17, 15) is 4.79 Å². The number of nitrogens with zero attached hydrogens (tertiary/aromatic N) is 1. The second kappa shape index (κ2) is 4.82. The Morgan fingerprint density at radius 3 is 2.94 bits per heavy atom. The van der Waals surface area contributed by atoms with Gasteiger partial charge in [-0.25, -0.2) is 0 Å². The fourth-order valence-corrected chi connectivity index (χ4v) is 1.50. The van der Waals surface area contributed by atoms with Gasteiger partial charge in [0.1, 0.15) is 18.6 Å². The lowest BCUT2D eigenvalue weighted by Gasteiger charge is -2.09. The first-order chi connectivity index (χ1) is 8.16. The minimum Gasteiger partial charge on any atom is -0.488 e. The Kier molecular flexibility index (Phi) is 3.23. The molecule has 0 fully saturated rings. The standard InChI is InChI=1S/C13H13NO3/c1-9-3-4-12(10(2)15)13(5-9)16-7-11-6-14-17-8-11/h3-6,8H,7H2,1-2H3. The summed E-state index contributed by atoms with van der Waals surface area (Å²) in [6, 6.07) is 5.52. The first kappa shape index (κ1) is 11.4. The number of ketones is 1. The molecule has 0 amide bonds.